The highest BCUT2D eigenvalue weighted by molar-refractivity contribution is 5.69. The summed E-state index contributed by atoms with van der Waals surface area (Å²) in [6, 6.07) is 0. The summed E-state index contributed by atoms with van der Waals surface area (Å²) in [4.78, 5) is 0. The van der Waals surface area contributed by atoms with Crippen LogP contribution in [0.15, 0.2) is 23.1 Å². The molecule has 0 aliphatic heterocycles. The van der Waals surface area contributed by atoms with Gasteiger partial charge in [-0.15, -0.1) is 0 Å². The first kappa shape index (κ1) is 16.7. The van der Waals surface area contributed by atoms with Crippen molar-refractivity contribution in [3.63, 3.8) is 0 Å². The molecule has 0 amide bonds. The highest BCUT2D eigenvalue weighted by Gasteiger charge is 2.85. The molecule has 116 valence electrons. The van der Waals surface area contributed by atoms with E-state index in [1.807, 2.05) is 0 Å². The van der Waals surface area contributed by atoms with Gasteiger partial charge in [-0.2, -0.15) is 43.9 Å². The third-order valence-corrected chi connectivity index (χ3v) is 2.34. The summed E-state index contributed by atoms with van der Waals surface area (Å²) >= 11 is 0. The highest BCUT2D eigenvalue weighted by Crippen LogP contribution is 2.64. The van der Waals surface area contributed by atoms with Crippen LogP contribution in [0.1, 0.15) is 0 Å². The Kier molecular flexibility index (Phi) is 3.40. The predicted octanol–water partition coefficient (Wildman–Crippen LogP) is 4.84. The summed E-state index contributed by atoms with van der Waals surface area (Å²) in [5.74, 6) is -9.93. The van der Waals surface area contributed by atoms with Crippen molar-refractivity contribution < 1.29 is 52.7 Å². The molecule has 0 fully saturated rings. The van der Waals surface area contributed by atoms with Crippen molar-refractivity contribution in [1.29, 1.82) is 0 Å². The fourth-order valence-electron chi connectivity index (χ4n) is 1.34. The molecule has 0 saturated carbocycles. The Morgan fingerprint density at radius 1 is 0.700 bits per heavy atom. The molecule has 1 unspecified atom stereocenters. The molecule has 1 aliphatic rings. The molecule has 1 aliphatic carbocycles. The minimum Gasteiger partial charge on any atom is -0.221 e. The normalized spacial score (nSPS) is 20.1. The Morgan fingerprint density at radius 2 is 1.10 bits per heavy atom. The summed E-state index contributed by atoms with van der Waals surface area (Å²) < 4.78 is 147. The first-order valence-electron chi connectivity index (χ1n) is 4.27. The van der Waals surface area contributed by atoms with Gasteiger partial charge in [-0.05, 0) is 0 Å². The minimum atomic E-state index is -7.15. The Labute approximate surface area is 101 Å². The van der Waals surface area contributed by atoms with Crippen LogP contribution in [-0.2, 0) is 0 Å². The summed E-state index contributed by atoms with van der Waals surface area (Å²) in [7, 11) is 0. The molecular formula is C8F12. The number of rotatable bonds is 2. The first-order valence-corrected chi connectivity index (χ1v) is 4.27. The monoisotopic (exact) mass is 324 g/mol. The third kappa shape index (κ3) is 1.95. The molecule has 0 N–H and O–H groups in total. The minimum absolute atomic E-state index is 2.52. The van der Waals surface area contributed by atoms with Gasteiger partial charge in [0.1, 0.15) is 5.83 Å². The van der Waals surface area contributed by atoms with Crippen molar-refractivity contribution in [3.05, 3.63) is 23.1 Å². The van der Waals surface area contributed by atoms with Crippen LogP contribution in [0.3, 0.4) is 0 Å². The fourth-order valence-corrected chi connectivity index (χ4v) is 1.34. The Hall–Kier alpha value is -1.36. The fraction of sp³-hybridized carbons (Fsp3) is 0.500. The standard InChI is InChI=1S/C8F12/c9-3-1(4(10)11)2(3)5(12,7(15,16)17)6(13,14)8(18,19)20. The largest absolute Gasteiger partial charge is 0.457 e. The maximum atomic E-state index is 13.4. The molecule has 12 heteroatoms. The van der Waals surface area contributed by atoms with Gasteiger partial charge in [0.05, 0.1) is 11.1 Å². The van der Waals surface area contributed by atoms with Crippen LogP contribution in [0, 0.1) is 0 Å². The number of hydrogen-bond donors (Lipinski definition) is 0. The second kappa shape index (κ2) is 4.07. The molecule has 0 nitrogen and oxygen atoms in total. The number of halogens is 12. The smallest absolute Gasteiger partial charge is 0.221 e. The molecule has 0 heterocycles. The average molecular weight is 324 g/mol. The van der Waals surface area contributed by atoms with Gasteiger partial charge < -0.3 is 0 Å². The second-order valence-corrected chi connectivity index (χ2v) is 3.55. The lowest BCUT2D eigenvalue weighted by atomic mass is 9.92. The van der Waals surface area contributed by atoms with Crippen molar-refractivity contribution in [2.45, 2.75) is 23.9 Å². The molecule has 1 atom stereocenters. The zero-order valence-corrected chi connectivity index (χ0v) is 8.54. The van der Waals surface area contributed by atoms with E-state index in [-0.39, 0.29) is 0 Å². The van der Waals surface area contributed by atoms with E-state index in [1.165, 1.54) is 0 Å². The van der Waals surface area contributed by atoms with Gasteiger partial charge in [-0.3, -0.25) is 0 Å². The van der Waals surface area contributed by atoms with Crippen molar-refractivity contribution in [3.8, 4) is 0 Å². The maximum Gasteiger partial charge on any atom is 0.457 e. The molecule has 0 radical (unpaired) electrons. The van der Waals surface area contributed by atoms with Gasteiger partial charge >= 0.3 is 23.9 Å². The molecule has 0 bridgehead atoms. The molecule has 0 spiro atoms. The Balaban J connectivity index is 3.56. The van der Waals surface area contributed by atoms with Crippen molar-refractivity contribution in [1.82, 2.24) is 0 Å². The quantitative estimate of drug-likeness (QED) is 0.638. The molecule has 0 aromatic carbocycles. The van der Waals surface area contributed by atoms with Crippen LogP contribution in [0.2, 0.25) is 0 Å². The Morgan fingerprint density at radius 3 is 1.30 bits per heavy atom. The lowest BCUT2D eigenvalue weighted by Gasteiger charge is -2.34. The third-order valence-electron chi connectivity index (χ3n) is 2.34. The van der Waals surface area contributed by atoms with Crippen LogP contribution < -0.4 is 0 Å². The lowest BCUT2D eigenvalue weighted by Crippen LogP contribution is -2.62. The Bertz CT molecular complexity index is 485. The maximum absolute atomic E-state index is 13.4. The summed E-state index contributed by atoms with van der Waals surface area (Å²) in [5, 5.41) is 0. The van der Waals surface area contributed by atoms with E-state index in [4.69, 9.17) is 0 Å². The van der Waals surface area contributed by atoms with Gasteiger partial charge in [0, 0.05) is 0 Å². The molecule has 0 aromatic rings. The van der Waals surface area contributed by atoms with E-state index in [9.17, 15) is 52.7 Å². The highest BCUT2D eigenvalue weighted by atomic mass is 19.4. The predicted molar refractivity (Wildman–Crippen MR) is 38.3 cm³/mol. The number of allylic oxidation sites excluding steroid dienone is 3. The average Bonchev–Trinajstić information content (AvgIpc) is 2.85. The van der Waals surface area contributed by atoms with Crippen LogP contribution in [-0.4, -0.2) is 23.9 Å². The van der Waals surface area contributed by atoms with Gasteiger partial charge in [-0.1, -0.05) is 0 Å². The van der Waals surface area contributed by atoms with E-state index < -0.39 is 47.0 Å². The lowest BCUT2D eigenvalue weighted by molar-refractivity contribution is -0.371. The van der Waals surface area contributed by atoms with E-state index in [0.717, 1.165) is 0 Å². The van der Waals surface area contributed by atoms with Gasteiger partial charge in [0.15, 0.2) is 0 Å². The van der Waals surface area contributed by atoms with Crippen LogP contribution >= 0.6 is 0 Å². The van der Waals surface area contributed by atoms with Crippen molar-refractivity contribution in [2.75, 3.05) is 0 Å². The zero-order chi connectivity index (χ0) is 16.3. The van der Waals surface area contributed by atoms with E-state index in [1.54, 1.807) is 0 Å². The van der Waals surface area contributed by atoms with Gasteiger partial charge in [0.25, 0.3) is 6.08 Å². The summed E-state index contributed by atoms with van der Waals surface area (Å²) in [6.45, 7) is 0. The van der Waals surface area contributed by atoms with Crippen molar-refractivity contribution in [2.24, 2.45) is 0 Å². The van der Waals surface area contributed by atoms with Crippen LogP contribution in [0.5, 0.6) is 0 Å². The molecule has 1 rings (SSSR count). The molecule has 0 saturated heterocycles. The summed E-state index contributed by atoms with van der Waals surface area (Å²) in [6.07, 6.45) is -17.4. The topological polar surface area (TPSA) is 0 Å². The molecule has 0 aromatic heterocycles. The summed E-state index contributed by atoms with van der Waals surface area (Å²) in [5.41, 5.74) is -12.2. The number of hydrogen-bond acceptors (Lipinski definition) is 0. The van der Waals surface area contributed by atoms with Gasteiger partial charge in [-0.25, -0.2) is 8.78 Å². The van der Waals surface area contributed by atoms with Gasteiger partial charge in [0.2, 0.25) is 0 Å². The van der Waals surface area contributed by atoms with E-state index >= 15 is 0 Å². The SMILES string of the molecule is FC(F)=C1C(F)=C1C(F)(C(F)(F)F)C(F)(F)C(F)(F)F. The first-order chi connectivity index (χ1) is 8.60. The molecule has 20 heavy (non-hydrogen) atoms. The van der Waals surface area contributed by atoms with E-state index in [2.05, 4.69) is 0 Å². The molecular weight excluding hydrogens is 324 g/mol. The number of alkyl halides is 9. The van der Waals surface area contributed by atoms with E-state index in [0.29, 0.717) is 0 Å². The van der Waals surface area contributed by atoms with Crippen LogP contribution in [0.4, 0.5) is 52.7 Å². The second-order valence-electron chi connectivity index (χ2n) is 3.55. The zero-order valence-electron chi connectivity index (χ0n) is 8.54. The van der Waals surface area contributed by atoms with Crippen LogP contribution in [0.25, 0.3) is 0 Å². The van der Waals surface area contributed by atoms with Crippen molar-refractivity contribution >= 4 is 0 Å².